The highest BCUT2D eigenvalue weighted by Crippen LogP contribution is 2.02. The average Bonchev–Trinajstić information content (AvgIpc) is 2.83. The second-order valence-corrected chi connectivity index (χ2v) is 4.33. The van der Waals surface area contributed by atoms with Crippen LogP contribution in [-0.4, -0.2) is 22.6 Å². The third kappa shape index (κ3) is 4.04. The smallest absolute Gasteiger partial charge is 0.107 e. The van der Waals surface area contributed by atoms with Crippen molar-refractivity contribution in [3.8, 4) is 0 Å². The van der Waals surface area contributed by atoms with Crippen molar-refractivity contribution in [3.05, 3.63) is 54.1 Å². The van der Waals surface area contributed by atoms with Crippen molar-refractivity contribution < 1.29 is 0 Å². The number of H-pyrrole nitrogens is 1. The van der Waals surface area contributed by atoms with Crippen molar-refractivity contribution in [2.45, 2.75) is 25.8 Å². The lowest BCUT2D eigenvalue weighted by Gasteiger charge is -2.13. The fraction of sp³-hybridized carbons (Fsp3) is 0.357. The molecule has 0 saturated heterocycles. The molecule has 3 heteroatoms. The van der Waals surface area contributed by atoms with Crippen LogP contribution in [0.15, 0.2) is 42.7 Å². The molecule has 3 nitrogen and oxygen atoms in total. The van der Waals surface area contributed by atoms with Crippen LogP contribution in [0.25, 0.3) is 0 Å². The lowest BCUT2D eigenvalue weighted by atomic mass is 10.1. The molecule has 0 fully saturated rings. The Morgan fingerprint density at radius 2 is 2.12 bits per heavy atom. The standard InChI is InChI=1S/C14H19N3/c1-12(11-13-5-3-2-4-6-13)15-8-7-14-16-9-10-17-14/h2-6,9-10,12,15H,7-8,11H2,1H3,(H,16,17). The minimum absolute atomic E-state index is 0.493. The molecule has 1 aromatic carbocycles. The van der Waals surface area contributed by atoms with Gasteiger partial charge in [0.15, 0.2) is 0 Å². The summed E-state index contributed by atoms with van der Waals surface area (Å²) < 4.78 is 0. The summed E-state index contributed by atoms with van der Waals surface area (Å²) in [5.74, 6) is 1.05. The molecule has 2 rings (SSSR count). The highest BCUT2D eigenvalue weighted by molar-refractivity contribution is 5.15. The van der Waals surface area contributed by atoms with E-state index < -0.39 is 0 Å². The van der Waals surface area contributed by atoms with Crippen LogP contribution in [0, 0.1) is 0 Å². The first-order valence-corrected chi connectivity index (χ1v) is 6.10. The number of aromatic amines is 1. The van der Waals surface area contributed by atoms with Gasteiger partial charge in [0.05, 0.1) is 0 Å². The van der Waals surface area contributed by atoms with Crippen molar-refractivity contribution in [2.24, 2.45) is 0 Å². The second-order valence-electron chi connectivity index (χ2n) is 4.33. The normalized spacial score (nSPS) is 12.5. The van der Waals surface area contributed by atoms with Gasteiger partial charge in [-0.2, -0.15) is 0 Å². The summed E-state index contributed by atoms with van der Waals surface area (Å²) in [5.41, 5.74) is 1.38. The zero-order valence-corrected chi connectivity index (χ0v) is 10.2. The molecule has 0 aliphatic rings. The molecule has 2 aromatic rings. The Morgan fingerprint density at radius 3 is 2.82 bits per heavy atom. The summed E-state index contributed by atoms with van der Waals surface area (Å²) >= 11 is 0. The lowest BCUT2D eigenvalue weighted by molar-refractivity contribution is 0.544. The summed E-state index contributed by atoms with van der Waals surface area (Å²) in [6, 6.07) is 11.1. The van der Waals surface area contributed by atoms with Crippen molar-refractivity contribution in [1.82, 2.24) is 15.3 Å². The fourth-order valence-corrected chi connectivity index (χ4v) is 1.91. The van der Waals surface area contributed by atoms with E-state index >= 15 is 0 Å². The third-order valence-electron chi connectivity index (χ3n) is 2.79. The molecular formula is C14H19N3. The van der Waals surface area contributed by atoms with Gasteiger partial charge in [-0.1, -0.05) is 30.3 Å². The van der Waals surface area contributed by atoms with Gasteiger partial charge in [0, 0.05) is 31.4 Å². The maximum atomic E-state index is 4.20. The topological polar surface area (TPSA) is 40.7 Å². The van der Waals surface area contributed by atoms with Gasteiger partial charge >= 0.3 is 0 Å². The first-order chi connectivity index (χ1) is 8.34. The predicted molar refractivity (Wildman–Crippen MR) is 69.9 cm³/mol. The number of hydrogen-bond acceptors (Lipinski definition) is 2. The van der Waals surface area contributed by atoms with E-state index in [4.69, 9.17) is 0 Å². The van der Waals surface area contributed by atoms with E-state index in [9.17, 15) is 0 Å². The van der Waals surface area contributed by atoms with Gasteiger partial charge in [0.1, 0.15) is 5.82 Å². The Kier molecular flexibility index (Phi) is 4.33. The highest BCUT2D eigenvalue weighted by Gasteiger charge is 2.02. The molecule has 0 radical (unpaired) electrons. The summed E-state index contributed by atoms with van der Waals surface area (Å²) in [5, 5.41) is 3.51. The van der Waals surface area contributed by atoms with Gasteiger partial charge in [0.25, 0.3) is 0 Å². The third-order valence-corrected chi connectivity index (χ3v) is 2.79. The molecule has 1 aromatic heterocycles. The molecule has 0 saturated carbocycles. The van der Waals surface area contributed by atoms with Gasteiger partial charge in [-0.25, -0.2) is 4.98 Å². The van der Waals surface area contributed by atoms with Crippen LogP contribution in [0.1, 0.15) is 18.3 Å². The second kappa shape index (κ2) is 6.21. The van der Waals surface area contributed by atoms with Crippen LogP contribution < -0.4 is 5.32 Å². The quantitative estimate of drug-likeness (QED) is 0.797. The van der Waals surface area contributed by atoms with E-state index in [2.05, 4.69) is 52.5 Å². The number of nitrogens with zero attached hydrogens (tertiary/aromatic N) is 1. The zero-order chi connectivity index (χ0) is 11.9. The van der Waals surface area contributed by atoms with Crippen molar-refractivity contribution in [3.63, 3.8) is 0 Å². The average molecular weight is 229 g/mol. The van der Waals surface area contributed by atoms with E-state index in [1.54, 1.807) is 6.20 Å². The maximum Gasteiger partial charge on any atom is 0.107 e. The van der Waals surface area contributed by atoms with Gasteiger partial charge in [-0.05, 0) is 18.9 Å². The molecule has 17 heavy (non-hydrogen) atoms. The van der Waals surface area contributed by atoms with Crippen LogP contribution in [0.3, 0.4) is 0 Å². The molecule has 0 aliphatic heterocycles. The van der Waals surface area contributed by atoms with Gasteiger partial charge in [-0.15, -0.1) is 0 Å². The molecular weight excluding hydrogens is 210 g/mol. The number of imidazole rings is 1. The Labute approximate surface area is 102 Å². The van der Waals surface area contributed by atoms with Crippen molar-refractivity contribution in [1.29, 1.82) is 0 Å². The molecule has 90 valence electrons. The van der Waals surface area contributed by atoms with E-state index in [1.807, 2.05) is 6.20 Å². The van der Waals surface area contributed by atoms with Crippen molar-refractivity contribution in [2.75, 3.05) is 6.54 Å². The molecule has 1 atom stereocenters. The number of aromatic nitrogens is 2. The minimum atomic E-state index is 0.493. The first-order valence-electron chi connectivity index (χ1n) is 6.10. The van der Waals surface area contributed by atoms with Crippen LogP contribution in [0.2, 0.25) is 0 Å². The minimum Gasteiger partial charge on any atom is -0.349 e. The Morgan fingerprint density at radius 1 is 1.29 bits per heavy atom. The molecule has 1 heterocycles. The summed E-state index contributed by atoms with van der Waals surface area (Å²) in [6.45, 7) is 3.18. The number of hydrogen-bond donors (Lipinski definition) is 2. The molecule has 0 aliphatic carbocycles. The first kappa shape index (κ1) is 11.9. The number of benzene rings is 1. The van der Waals surface area contributed by atoms with E-state index in [0.717, 1.165) is 25.2 Å². The Hall–Kier alpha value is -1.61. The lowest BCUT2D eigenvalue weighted by Crippen LogP contribution is -2.30. The molecule has 2 N–H and O–H groups in total. The SMILES string of the molecule is CC(Cc1ccccc1)NCCc1ncc[nH]1. The van der Waals surface area contributed by atoms with Crippen LogP contribution in [0.5, 0.6) is 0 Å². The summed E-state index contributed by atoms with van der Waals surface area (Å²) in [6.07, 6.45) is 5.68. The summed E-state index contributed by atoms with van der Waals surface area (Å²) in [7, 11) is 0. The van der Waals surface area contributed by atoms with Crippen LogP contribution >= 0.6 is 0 Å². The highest BCUT2D eigenvalue weighted by atomic mass is 14.9. The molecule has 1 unspecified atom stereocenters. The van der Waals surface area contributed by atoms with Gasteiger partial charge in [0.2, 0.25) is 0 Å². The predicted octanol–water partition coefficient (Wildman–Crippen LogP) is 2.17. The maximum absolute atomic E-state index is 4.20. The molecule has 0 bridgehead atoms. The van der Waals surface area contributed by atoms with Crippen molar-refractivity contribution >= 4 is 0 Å². The fourth-order valence-electron chi connectivity index (χ4n) is 1.91. The largest absolute Gasteiger partial charge is 0.349 e. The Balaban J connectivity index is 1.69. The number of rotatable bonds is 6. The monoisotopic (exact) mass is 229 g/mol. The van der Waals surface area contributed by atoms with E-state index in [-0.39, 0.29) is 0 Å². The molecule has 0 spiro atoms. The Bertz CT molecular complexity index is 408. The molecule has 0 amide bonds. The number of nitrogens with one attached hydrogen (secondary N) is 2. The van der Waals surface area contributed by atoms with Crippen LogP contribution in [-0.2, 0) is 12.8 Å². The van der Waals surface area contributed by atoms with Crippen LogP contribution in [0.4, 0.5) is 0 Å². The van der Waals surface area contributed by atoms with E-state index in [0.29, 0.717) is 6.04 Å². The van der Waals surface area contributed by atoms with Gasteiger partial charge in [-0.3, -0.25) is 0 Å². The zero-order valence-electron chi connectivity index (χ0n) is 10.2. The van der Waals surface area contributed by atoms with E-state index in [1.165, 1.54) is 5.56 Å². The summed E-state index contributed by atoms with van der Waals surface area (Å²) in [4.78, 5) is 7.31. The van der Waals surface area contributed by atoms with Gasteiger partial charge < -0.3 is 10.3 Å².